The number of carbonyl (C=O) groups excluding carboxylic acids is 1. The Balaban J connectivity index is 1.27. The molecular weight excluding hydrogens is 440 g/mol. The first-order valence-electron chi connectivity index (χ1n) is 12.0. The van der Waals surface area contributed by atoms with Crippen LogP contribution in [-0.2, 0) is 11.2 Å². The van der Waals surface area contributed by atoms with E-state index in [4.69, 9.17) is 9.47 Å². The molecule has 0 bridgehead atoms. The average molecular weight is 477 g/mol. The number of carbonyl (C=O) groups is 1. The molecule has 35 heavy (non-hydrogen) atoms. The standard InChI is InChI=1S/C28H36N4O3/c1-22(15-17-29-16-5-7-24-11-14-26(34-2)27(20-24)35-3)31-28(33)8-4-6-23-9-12-25(13-10-23)32-19-18-30-21-32/h4,6,9-14,18-22,29H,5,7-8,15-17H2,1-3H3,(H,31,33)/b6-4+. The predicted molar refractivity (Wildman–Crippen MR) is 140 cm³/mol. The third-order valence-corrected chi connectivity index (χ3v) is 5.74. The molecule has 2 aromatic carbocycles. The van der Waals surface area contributed by atoms with Gasteiger partial charge < -0.3 is 24.7 Å². The van der Waals surface area contributed by atoms with Gasteiger partial charge in [-0.3, -0.25) is 4.79 Å². The van der Waals surface area contributed by atoms with Gasteiger partial charge in [-0.05, 0) is 74.7 Å². The van der Waals surface area contributed by atoms with Crippen LogP contribution in [-0.4, -0.2) is 48.8 Å². The predicted octanol–water partition coefficient (Wildman–Crippen LogP) is 4.41. The Kier molecular flexibility index (Phi) is 10.4. The Morgan fingerprint density at radius 3 is 2.60 bits per heavy atom. The molecule has 0 fully saturated rings. The van der Waals surface area contributed by atoms with Crippen LogP contribution in [0.15, 0.2) is 67.3 Å². The number of methoxy groups -OCH3 is 2. The fraction of sp³-hybridized carbons (Fsp3) is 0.357. The van der Waals surface area contributed by atoms with Crippen molar-refractivity contribution in [2.45, 2.75) is 38.6 Å². The molecule has 0 spiro atoms. The van der Waals surface area contributed by atoms with Gasteiger partial charge in [-0.2, -0.15) is 0 Å². The molecule has 0 aliphatic carbocycles. The van der Waals surface area contributed by atoms with E-state index in [1.54, 1.807) is 26.7 Å². The van der Waals surface area contributed by atoms with Crippen LogP contribution < -0.4 is 20.1 Å². The zero-order valence-corrected chi connectivity index (χ0v) is 20.9. The van der Waals surface area contributed by atoms with Crippen molar-refractivity contribution in [2.24, 2.45) is 0 Å². The van der Waals surface area contributed by atoms with Crippen molar-refractivity contribution in [1.82, 2.24) is 20.2 Å². The number of nitrogens with zero attached hydrogens (tertiary/aromatic N) is 2. The van der Waals surface area contributed by atoms with Crippen molar-refractivity contribution in [2.75, 3.05) is 27.3 Å². The number of nitrogens with one attached hydrogen (secondary N) is 2. The highest BCUT2D eigenvalue weighted by atomic mass is 16.5. The molecule has 7 nitrogen and oxygen atoms in total. The maximum absolute atomic E-state index is 12.2. The fourth-order valence-corrected chi connectivity index (χ4v) is 3.77. The first-order valence-corrected chi connectivity index (χ1v) is 12.0. The van der Waals surface area contributed by atoms with Gasteiger partial charge in [-0.1, -0.05) is 30.4 Å². The molecule has 0 aliphatic rings. The summed E-state index contributed by atoms with van der Waals surface area (Å²) in [4.78, 5) is 16.3. The van der Waals surface area contributed by atoms with Gasteiger partial charge in [0.05, 0.1) is 20.5 Å². The quantitative estimate of drug-likeness (QED) is 0.337. The van der Waals surface area contributed by atoms with Gasteiger partial charge in [0, 0.05) is 30.5 Å². The summed E-state index contributed by atoms with van der Waals surface area (Å²) in [6.07, 6.45) is 12.6. The molecule has 0 aliphatic heterocycles. The van der Waals surface area contributed by atoms with Crippen LogP contribution in [0.3, 0.4) is 0 Å². The number of hydrogen-bond acceptors (Lipinski definition) is 5. The molecule has 0 saturated carbocycles. The fourth-order valence-electron chi connectivity index (χ4n) is 3.77. The first-order chi connectivity index (χ1) is 17.1. The number of hydrogen-bond donors (Lipinski definition) is 2. The van der Waals surface area contributed by atoms with Gasteiger partial charge >= 0.3 is 0 Å². The smallest absolute Gasteiger partial charge is 0.224 e. The number of amides is 1. The van der Waals surface area contributed by atoms with Crippen LogP contribution in [0.2, 0.25) is 0 Å². The van der Waals surface area contributed by atoms with E-state index in [2.05, 4.69) is 21.7 Å². The monoisotopic (exact) mass is 476 g/mol. The number of rotatable bonds is 14. The second-order valence-corrected chi connectivity index (χ2v) is 8.47. The van der Waals surface area contributed by atoms with Crippen LogP contribution >= 0.6 is 0 Å². The van der Waals surface area contributed by atoms with Crippen LogP contribution in [0.5, 0.6) is 11.5 Å². The SMILES string of the molecule is COc1ccc(CCCNCCC(C)NC(=O)C/C=C/c2ccc(-n3ccnc3)cc2)cc1OC. The lowest BCUT2D eigenvalue weighted by molar-refractivity contribution is -0.120. The van der Waals surface area contributed by atoms with Crippen LogP contribution in [0, 0.1) is 0 Å². The van der Waals surface area contributed by atoms with Gasteiger partial charge in [0.1, 0.15) is 0 Å². The summed E-state index contributed by atoms with van der Waals surface area (Å²) in [5, 5.41) is 6.53. The van der Waals surface area contributed by atoms with E-state index in [9.17, 15) is 4.79 Å². The van der Waals surface area contributed by atoms with E-state index in [0.29, 0.717) is 6.42 Å². The molecular formula is C28H36N4O3. The number of benzene rings is 2. The molecule has 1 amide bonds. The summed E-state index contributed by atoms with van der Waals surface area (Å²) in [6, 6.07) is 14.3. The summed E-state index contributed by atoms with van der Waals surface area (Å²) in [6.45, 7) is 3.84. The molecule has 0 radical (unpaired) electrons. The molecule has 3 rings (SSSR count). The summed E-state index contributed by atoms with van der Waals surface area (Å²) < 4.78 is 12.6. The minimum Gasteiger partial charge on any atom is -0.493 e. The van der Waals surface area contributed by atoms with Crippen molar-refractivity contribution in [3.8, 4) is 17.2 Å². The highest BCUT2D eigenvalue weighted by Crippen LogP contribution is 2.27. The van der Waals surface area contributed by atoms with E-state index in [0.717, 1.165) is 55.1 Å². The van der Waals surface area contributed by atoms with Crippen LogP contribution in [0.4, 0.5) is 0 Å². The van der Waals surface area contributed by atoms with Gasteiger partial charge in [0.15, 0.2) is 11.5 Å². The maximum Gasteiger partial charge on any atom is 0.224 e. The Morgan fingerprint density at radius 1 is 1.09 bits per heavy atom. The number of imidazole rings is 1. The Morgan fingerprint density at radius 2 is 1.89 bits per heavy atom. The lowest BCUT2D eigenvalue weighted by Gasteiger charge is -2.14. The van der Waals surface area contributed by atoms with Crippen molar-refractivity contribution in [3.05, 3.63) is 78.4 Å². The lowest BCUT2D eigenvalue weighted by atomic mass is 10.1. The third-order valence-electron chi connectivity index (χ3n) is 5.74. The summed E-state index contributed by atoms with van der Waals surface area (Å²) in [7, 11) is 3.30. The summed E-state index contributed by atoms with van der Waals surface area (Å²) in [5.41, 5.74) is 3.35. The largest absolute Gasteiger partial charge is 0.493 e. The highest BCUT2D eigenvalue weighted by Gasteiger charge is 2.06. The summed E-state index contributed by atoms with van der Waals surface area (Å²) >= 11 is 0. The van der Waals surface area contributed by atoms with Crippen LogP contribution in [0.25, 0.3) is 11.8 Å². The molecule has 1 aromatic heterocycles. The maximum atomic E-state index is 12.2. The second-order valence-electron chi connectivity index (χ2n) is 8.47. The molecule has 1 atom stereocenters. The minimum atomic E-state index is 0.0391. The van der Waals surface area contributed by atoms with Gasteiger partial charge in [0.25, 0.3) is 0 Å². The lowest BCUT2D eigenvalue weighted by Crippen LogP contribution is -2.34. The third kappa shape index (κ3) is 8.61. The molecule has 1 heterocycles. The molecule has 7 heteroatoms. The van der Waals surface area contributed by atoms with Gasteiger partial charge in [-0.25, -0.2) is 4.98 Å². The van der Waals surface area contributed by atoms with Crippen molar-refractivity contribution < 1.29 is 14.3 Å². The number of aromatic nitrogens is 2. The normalized spacial score (nSPS) is 12.0. The first kappa shape index (κ1) is 26.0. The Hall–Kier alpha value is -3.58. The zero-order valence-electron chi connectivity index (χ0n) is 20.9. The van der Waals surface area contributed by atoms with Gasteiger partial charge in [0.2, 0.25) is 5.91 Å². The Bertz CT molecular complexity index is 1060. The van der Waals surface area contributed by atoms with E-state index in [1.165, 1.54) is 5.56 Å². The second kappa shape index (κ2) is 14.0. The van der Waals surface area contributed by atoms with Crippen molar-refractivity contribution >= 4 is 12.0 Å². The van der Waals surface area contributed by atoms with E-state index in [-0.39, 0.29) is 11.9 Å². The molecule has 1 unspecified atom stereocenters. The average Bonchev–Trinajstić information content (AvgIpc) is 3.41. The number of aryl methyl sites for hydroxylation is 1. The molecule has 2 N–H and O–H groups in total. The highest BCUT2D eigenvalue weighted by molar-refractivity contribution is 5.78. The van der Waals surface area contributed by atoms with E-state index < -0.39 is 0 Å². The number of ether oxygens (including phenoxy) is 2. The molecule has 186 valence electrons. The molecule has 3 aromatic rings. The minimum absolute atomic E-state index is 0.0391. The summed E-state index contributed by atoms with van der Waals surface area (Å²) in [5.74, 6) is 1.55. The van der Waals surface area contributed by atoms with Crippen molar-refractivity contribution in [1.29, 1.82) is 0 Å². The zero-order chi connectivity index (χ0) is 24.9. The van der Waals surface area contributed by atoms with Crippen LogP contribution in [0.1, 0.15) is 37.3 Å². The van der Waals surface area contributed by atoms with E-state index in [1.807, 2.05) is 66.2 Å². The van der Waals surface area contributed by atoms with E-state index >= 15 is 0 Å². The van der Waals surface area contributed by atoms with Crippen molar-refractivity contribution in [3.63, 3.8) is 0 Å². The van der Waals surface area contributed by atoms with Gasteiger partial charge in [-0.15, -0.1) is 0 Å². The molecule has 0 saturated heterocycles. The Labute approximate surface area is 208 Å². The topological polar surface area (TPSA) is 77.4 Å².